The van der Waals surface area contributed by atoms with Gasteiger partial charge in [0.05, 0.1) is 11.6 Å². The molecule has 0 aliphatic heterocycles. The van der Waals surface area contributed by atoms with Gasteiger partial charge in [0.15, 0.2) is 0 Å². The van der Waals surface area contributed by atoms with Crippen molar-refractivity contribution < 1.29 is 14.0 Å². The van der Waals surface area contributed by atoms with Gasteiger partial charge in [-0.3, -0.25) is 19.7 Å². The van der Waals surface area contributed by atoms with Crippen LogP contribution in [0.3, 0.4) is 0 Å². The number of hydrogen-bond donors (Lipinski definition) is 2. The van der Waals surface area contributed by atoms with Crippen molar-refractivity contribution in [3.63, 3.8) is 0 Å². The first-order valence-electron chi connectivity index (χ1n) is 6.03. The average molecular weight is 356 g/mol. The van der Waals surface area contributed by atoms with Crippen molar-refractivity contribution in [1.29, 1.82) is 0 Å². The van der Waals surface area contributed by atoms with Gasteiger partial charge in [-0.2, -0.15) is 0 Å². The Morgan fingerprint density at radius 3 is 2.52 bits per heavy atom. The number of nitrogens with two attached hydrogens (primary N) is 1. The molecule has 21 heavy (non-hydrogen) atoms. The highest BCUT2D eigenvalue weighted by molar-refractivity contribution is 8.93. The molecule has 0 bridgehead atoms. The van der Waals surface area contributed by atoms with Gasteiger partial charge < -0.3 is 5.73 Å². The van der Waals surface area contributed by atoms with E-state index in [1.807, 2.05) is 0 Å². The molecule has 1 aromatic carbocycles. The zero-order chi connectivity index (χ0) is 14.7. The maximum absolute atomic E-state index is 13.6. The molecule has 1 unspecified atom stereocenters. The van der Waals surface area contributed by atoms with E-state index < -0.39 is 23.5 Å². The van der Waals surface area contributed by atoms with E-state index in [9.17, 15) is 14.0 Å². The molecule has 7 heteroatoms. The summed E-state index contributed by atoms with van der Waals surface area (Å²) >= 11 is 0. The summed E-state index contributed by atoms with van der Waals surface area (Å²) in [5, 5.41) is 0. The van der Waals surface area contributed by atoms with Gasteiger partial charge >= 0.3 is 0 Å². The third-order valence-corrected chi connectivity index (χ3v) is 2.74. The Morgan fingerprint density at radius 2 is 1.90 bits per heavy atom. The number of ketones is 1. The lowest BCUT2D eigenvalue weighted by Crippen LogP contribution is -2.37. The number of benzene rings is 1. The molecule has 2 rings (SSSR count). The SMILES string of the molecule is Br.CC(N)C(=O)Nn1cccc1C(=O)c1ccccc1F. The molecule has 0 aliphatic carbocycles. The molecule has 3 N–H and O–H groups in total. The number of carbonyl (C=O) groups excluding carboxylic acids is 2. The molecule has 1 heterocycles. The van der Waals surface area contributed by atoms with Gasteiger partial charge in [-0.05, 0) is 31.2 Å². The van der Waals surface area contributed by atoms with Crippen LogP contribution < -0.4 is 11.2 Å². The summed E-state index contributed by atoms with van der Waals surface area (Å²) in [7, 11) is 0. The third-order valence-electron chi connectivity index (χ3n) is 2.74. The van der Waals surface area contributed by atoms with E-state index in [1.165, 1.54) is 42.1 Å². The molecule has 0 radical (unpaired) electrons. The number of carbonyl (C=O) groups is 2. The van der Waals surface area contributed by atoms with Crippen LogP contribution in [0.15, 0.2) is 42.6 Å². The van der Waals surface area contributed by atoms with Crippen LogP contribution in [0.5, 0.6) is 0 Å². The van der Waals surface area contributed by atoms with Crippen LogP contribution in [0.25, 0.3) is 0 Å². The van der Waals surface area contributed by atoms with E-state index in [1.54, 1.807) is 12.1 Å². The zero-order valence-electron chi connectivity index (χ0n) is 11.2. The molecule has 0 saturated heterocycles. The van der Waals surface area contributed by atoms with E-state index in [4.69, 9.17) is 5.73 Å². The number of aromatic nitrogens is 1. The van der Waals surface area contributed by atoms with Crippen LogP contribution >= 0.6 is 17.0 Å². The Morgan fingerprint density at radius 1 is 1.24 bits per heavy atom. The van der Waals surface area contributed by atoms with Crippen LogP contribution in [-0.2, 0) is 4.79 Å². The summed E-state index contributed by atoms with van der Waals surface area (Å²) in [6.07, 6.45) is 1.49. The molecule has 0 aliphatic rings. The fourth-order valence-electron chi connectivity index (χ4n) is 1.67. The van der Waals surface area contributed by atoms with Gasteiger partial charge in [-0.1, -0.05) is 12.1 Å². The quantitative estimate of drug-likeness (QED) is 0.821. The molecule has 1 amide bonds. The number of hydrogen-bond acceptors (Lipinski definition) is 3. The number of rotatable bonds is 4. The van der Waals surface area contributed by atoms with Crippen molar-refractivity contribution >= 4 is 28.7 Å². The van der Waals surface area contributed by atoms with Gasteiger partial charge in [-0.25, -0.2) is 4.39 Å². The highest BCUT2D eigenvalue weighted by atomic mass is 79.9. The highest BCUT2D eigenvalue weighted by Crippen LogP contribution is 2.13. The molecule has 5 nitrogen and oxygen atoms in total. The van der Waals surface area contributed by atoms with E-state index in [0.717, 1.165) is 0 Å². The van der Waals surface area contributed by atoms with Crippen LogP contribution in [-0.4, -0.2) is 22.4 Å². The Labute approximate surface area is 131 Å². The van der Waals surface area contributed by atoms with Gasteiger partial charge in [0, 0.05) is 6.20 Å². The summed E-state index contributed by atoms with van der Waals surface area (Å²) in [6.45, 7) is 1.52. The fraction of sp³-hybridized carbons (Fsp3) is 0.143. The maximum atomic E-state index is 13.6. The van der Waals surface area contributed by atoms with Crippen LogP contribution in [0.2, 0.25) is 0 Å². The van der Waals surface area contributed by atoms with E-state index in [-0.39, 0.29) is 28.2 Å². The lowest BCUT2D eigenvalue weighted by Gasteiger charge is -2.12. The number of nitrogens with one attached hydrogen (secondary N) is 1. The van der Waals surface area contributed by atoms with E-state index >= 15 is 0 Å². The van der Waals surface area contributed by atoms with Crippen molar-refractivity contribution in [2.24, 2.45) is 5.73 Å². The van der Waals surface area contributed by atoms with Gasteiger partial charge in [0.2, 0.25) is 5.78 Å². The first kappa shape index (κ1) is 17.1. The summed E-state index contributed by atoms with van der Waals surface area (Å²) in [4.78, 5) is 23.8. The number of halogens is 2. The molecule has 112 valence electrons. The fourth-order valence-corrected chi connectivity index (χ4v) is 1.67. The summed E-state index contributed by atoms with van der Waals surface area (Å²) in [5.41, 5.74) is 8.02. The van der Waals surface area contributed by atoms with Gasteiger partial charge in [0.1, 0.15) is 11.5 Å². The zero-order valence-corrected chi connectivity index (χ0v) is 13.0. The van der Waals surface area contributed by atoms with Crippen molar-refractivity contribution in [1.82, 2.24) is 4.68 Å². The molecule has 0 spiro atoms. The van der Waals surface area contributed by atoms with E-state index in [0.29, 0.717) is 0 Å². The standard InChI is InChI=1S/C14H14FN3O2.BrH/c1-9(16)14(20)17-18-8-4-7-12(18)13(19)10-5-2-3-6-11(10)15;/h2-9H,16H2,1H3,(H,17,20);1H. The normalized spacial score (nSPS) is 11.4. The summed E-state index contributed by atoms with van der Waals surface area (Å²) in [6, 6.07) is 8.04. The second-order valence-electron chi connectivity index (χ2n) is 4.34. The Balaban J connectivity index is 0.00000220. The van der Waals surface area contributed by atoms with Crippen LogP contribution in [0.1, 0.15) is 23.0 Å². The minimum Gasteiger partial charge on any atom is -0.320 e. The first-order valence-corrected chi connectivity index (χ1v) is 6.03. The smallest absolute Gasteiger partial charge is 0.255 e. The highest BCUT2D eigenvalue weighted by Gasteiger charge is 2.18. The molecule has 2 aromatic rings. The monoisotopic (exact) mass is 355 g/mol. The Bertz CT molecular complexity index is 655. The first-order chi connectivity index (χ1) is 9.50. The Kier molecular flexibility index (Phi) is 5.80. The largest absolute Gasteiger partial charge is 0.320 e. The molecular formula is C14H15BrFN3O2. The van der Waals surface area contributed by atoms with E-state index in [2.05, 4.69) is 5.43 Å². The minimum absolute atomic E-state index is 0. The second kappa shape index (κ2) is 7.14. The molecule has 1 aromatic heterocycles. The Hall–Kier alpha value is -1.99. The van der Waals surface area contributed by atoms with Gasteiger partial charge in [-0.15, -0.1) is 17.0 Å². The molecular weight excluding hydrogens is 341 g/mol. The predicted octanol–water partition coefficient (Wildman–Crippen LogP) is 1.85. The molecule has 1 atom stereocenters. The van der Waals surface area contributed by atoms with Crippen molar-refractivity contribution in [3.05, 3.63) is 59.7 Å². The summed E-state index contributed by atoms with van der Waals surface area (Å²) in [5.74, 6) is -1.56. The topological polar surface area (TPSA) is 77.1 Å². The third kappa shape index (κ3) is 3.77. The predicted molar refractivity (Wildman–Crippen MR) is 82.6 cm³/mol. The van der Waals surface area contributed by atoms with Gasteiger partial charge in [0.25, 0.3) is 5.91 Å². The van der Waals surface area contributed by atoms with Crippen molar-refractivity contribution in [3.8, 4) is 0 Å². The molecule has 0 saturated carbocycles. The number of nitrogens with zero attached hydrogens (tertiary/aromatic N) is 1. The lowest BCUT2D eigenvalue weighted by molar-refractivity contribution is -0.117. The van der Waals surface area contributed by atoms with Crippen LogP contribution in [0, 0.1) is 5.82 Å². The van der Waals surface area contributed by atoms with Crippen molar-refractivity contribution in [2.75, 3.05) is 5.43 Å². The summed E-state index contributed by atoms with van der Waals surface area (Å²) < 4.78 is 14.9. The maximum Gasteiger partial charge on any atom is 0.255 e. The minimum atomic E-state index is -0.714. The molecule has 0 fully saturated rings. The second-order valence-corrected chi connectivity index (χ2v) is 4.34. The average Bonchev–Trinajstić information content (AvgIpc) is 2.86. The lowest BCUT2D eigenvalue weighted by atomic mass is 10.1. The van der Waals surface area contributed by atoms with Crippen molar-refractivity contribution in [2.45, 2.75) is 13.0 Å². The number of amides is 1. The van der Waals surface area contributed by atoms with Crippen LogP contribution in [0.4, 0.5) is 4.39 Å².